The van der Waals surface area contributed by atoms with Gasteiger partial charge in [-0.3, -0.25) is 0 Å². The minimum atomic E-state index is -0.202. The highest BCUT2D eigenvalue weighted by molar-refractivity contribution is 5.32. The Morgan fingerprint density at radius 1 is 1.16 bits per heavy atom. The first-order chi connectivity index (χ1) is 8.73. The van der Waals surface area contributed by atoms with Crippen molar-refractivity contribution < 1.29 is 0 Å². The van der Waals surface area contributed by atoms with Crippen molar-refractivity contribution in [1.82, 2.24) is 0 Å². The molecular formula is C17H28N2. The van der Waals surface area contributed by atoms with Crippen LogP contribution in [0.5, 0.6) is 0 Å². The maximum absolute atomic E-state index is 6.69. The van der Waals surface area contributed by atoms with Crippen molar-refractivity contribution in [2.45, 2.75) is 64.0 Å². The third-order valence-corrected chi connectivity index (χ3v) is 4.75. The summed E-state index contributed by atoms with van der Waals surface area (Å²) in [6, 6.07) is 9.21. The largest absolute Gasteiger partial charge is 0.328 e. The zero-order valence-corrected chi connectivity index (χ0v) is 12.7. The van der Waals surface area contributed by atoms with Crippen LogP contribution >= 0.6 is 0 Å². The van der Waals surface area contributed by atoms with Gasteiger partial charge in [-0.05, 0) is 41.7 Å². The SMILES string of the molecule is CC1CC(N)CCC1(N)c1ccc(C(C)(C)C)cc1. The van der Waals surface area contributed by atoms with Gasteiger partial charge in [0.25, 0.3) is 0 Å². The molecule has 0 heterocycles. The Morgan fingerprint density at radius 3 is 2.21 bits per heavy atom. The van der Waals surface area contributed by atoms with Gasteiger partial charge in [0.15, 0.2) is 0 Å². The fraction of sp³-hybridized carbons (Fsp3) is 0.647. The molecule has 1 saturated carbocycles. The standard InChI is InChI=1S/C17H28N2/c1-12-11-15(18)9-10-17(12,19)14-7-5-13(6-8-14)16(2,3)4/h5-8,12,15H,9-11,18-19H2,1-4H3. The molecule has 1 aromatic carbocycles. The highest BCUT2D eigenvalue weighted by Gasteiger charge is 2.38. The van der Waals surface area contributed by atoms with Crippen LogP contribution in [0, 0.1) is 5.92 Å². The number of benzene rings is 1. The third-order valence-electron chi connectivity index (χ3n) is 4.75. The lowest BCUT2D eigenvalue weighted by Gasteiger charge is -2.42. The lowest BCUT2D eigenvalue weighted by atomic mass is 9.68. The summed E-state index contributed by atoms with van der Waals surface area (Å²) in [5.74, 6) is 0.441. The summed E-state index contributed by atoms with van der Waals surface area (Å²) in [6.07, 6.45) is 3.05. The predicted octanol–water partition coefficient (Wildman–Crippen LogP) is 3.29. The van der Waals surface area contributed by atoms with Crippen molar-refractivity contribution in [2.24, 2.45) is 17.4 Å². The molecule has 1 aromatic rings. The minimum Gasteiger partial charge on any atom is -0.328 e. The van der Waals surface area contributed by atoms with E-state index in [1.165, 1.54) is 11.1 Å². The average molecular weight is 260 g/mol. The number of hydrogen-bond donors (Lipinski definition) is 2. The van der Waals surface area contributed by atoms with Crippen LogP contribution in [0.1, 0.15) is 58.1 Å². The summed E-state index contributed by atoms with van der Waals surface area (Å²) in [6.45, 7) is 8.95. The van der Waals surface area contributed by atoms with Crippen molar-refractivity contribution >= 4 is 0 Å². The van der Waals surface area contributed by atoms with Gasteiger partial charge in [0.2, 0.25) is 0 Å². The summed E-state index contributed by atoms with van der Waals surface area (Å²) in [5.41, 5.74) is 15.4. The maximum atomic E-state index is 6.69. The van der Waals surface area contributed by atoms with Crippen molar-refractivity contribution in [1.29, 1.82) is 0 Å². The van der Waals surface area contributed by atoms with E-state index in [-0.39, 0.29) is 11.0 Å². The van der Waals surface area contributed by atoms with E-state index < -0.39 is 0 Å². The van der Waals surface area contributed by atoms with Crippen LogP contribution < -0.4 is 11.5 Å². The number of nitrogens with two attached hydrogens (primary N) is 2. The zero-order valence-electron chi connectivity index (χ0n) is 12.7. The molecule has 2 heteroatoms. The summed E-state index contributed by atoms with van der Waals surface area (Å²) < 4.78 is 0. The molecule has 0 amide bonds. The molecule has 1 fully saturated rings. The van der Waals surface area contributed by atoms with Gasteiger partial charge in [-0.15, -0.1) is 0 Å². The van der Waals surface area contributed by atoms with Crippen molar-refractivity contribution in [2.75, 3.05) is 0 Å². The molecule has 0 saturated heterocycles. The van der Waals surface area contributed by atoms with E-state index in [4.69, 9.17) is 11.5 Å². The fourth-order valence-electron chi connectivity index (χ4n) is 3.16. The Labute approximate surface area is 117 Å². The molecule has 3 atom stereocenters. The second-order valence-electron chi connectivity index (χ2n) is 7.30. The maximum Gasteiger partial charge on any atom is 0.0436 e. The number of hydrogen-bond acceptors (Lipinski definition) is 2. The van der Waals surface area contributed by atoms with Gasteiger partial charge < -0.3 is 11.5 Å². The molecule has 19 heavy (non-hydrogen) atoms. The smallest absolute Gasteiger partial charge is 0.0436 e. The van der Waals surface area contributed by atoms with E-state index in [0.29, 0.717) is 12.0 Å². The monoisotopic (exact) mass is 260 g/mol. The molecule has 106 valence electrons. The summed E-state index contributed by atoms with van der Waals surface area (Å²) in [5, 5.41) is 0. The van der Waals surface area contributed by atoms with Crippen LogP contribution in [0.4, 0.5) is 0 Å². The normalized spacial score (nSPS) is 32.3. The zero-order chi connectivity index (χ0) is 14.3. The summed E-state index contributed by atoms with van der Waals surface area (Å²) >= 11 is 0. The van der Waals surface area contributed by atoms with Gasteiger partial charge in [-0.1, -0.05) is 52.0 Å². The molecule has 0 aliphatic heterocycles. The average Bonchev–Trinajstić information content (AvgIpc) is 2.33. The molecule has 0 aromatic heterocycles. The molecular weight excluding hydrogens is 232 g/mol. The van der Waals surface area contributed by atoms with Gasteiger partial charge in [0.05, 0.1) is 0 Å². The highest BCUT2D eigenvalue weighted by Crippen LogP contribution is 2.39. The van der Waals surface area contributed by atoms with E-state index in [2.05, 4.69) is 52.0 Å². The van der Waals surface area contributed by atoms with Gasteiger partial charge >= 0.3 is 0 Å². The van der Waals surface area contributed by atoms with Gasteiger partial charge in [0.1, 0.15) is 0 Å². The second kappa shape index (κ2) is 4.92. The van der Waals surface area contributed by atoms with E-state index in [1.807, 2.05) is 0 Å². The van der Waals surface area contributed by atoms with E-state index in [0.717, 1.165) is 19.3 Å². The topological polar surface area (TPSA) is 52.0 Å². The Morgan fingerprint density at radius 2 is 1.74 bits per heavy atom. The third kappa shape index (κ3) is 2.85. The van der Waals surface area contributed by atoms with Crippen LogP contribution in [0.15, 0.2) is 24.3 Å². The molecule has 2 nitrogen and oxygen atoms in total. The quantitative estimate of drug-likeness (QED) is 0.814. The van der Waals surface area contributed by atoms with Crippen LogP contribution in [0.3, 0.4) is 0 Å². The molecule has 0 spiro atoms. The van der Waals surface area contributed by atoms with Crippen molar-refractivity contribution in [3.8, 4) is 0 Å². The molecule has 4 N–H and O–H groups in total. The molecule has 1 aliphatic rings. The molecule has 2 rings (SSSR count). The van der Waals surface area contributed by atoms with E-state index in [9.17, 15) is 0 Å². The highest BCUT2D eigenvalue weighted by atomic mass is 14.8. The van der Waals surface area contributed by atoms with Crippen LogP contribution in [0.2, 0.25) is 0 Å². The fourth-order valence-corrected chi connectivity index (χ4v) is 3.16. The first-order valence-corrected chi connectivity index (χ1v) is 7.39. The Hall–Kier alpha value is -0.860. The van der Waals surface area contributed by atoms with Gasteiger partial charge in [0, 0.05) is 11.6 Å². The van der Waals surface area contributed by atoms with E-state index >= 15 is 0 Å². The van der Waals surface area contributed by atoms with Gasteiger partial charge in [-0.25, -0.2) is 0 Å². The molecule has 3 unspecified atom stereocenters. The lowest BCUT2D eigenvalue weighted by Crippen LogP contribution is -2.49. The predicted molar refractivity (Wildman–Crippen MR) is 82.0 cm³/mol. The molecule has 1 aliphatic carbocycles. The Balaban J connectivity index is 2.26. The Bertz CT molecular complexity index is 430. The van der Waals surface area contributed by atoms with E-state index in [1.54, 1.807) is 0 Å². The Kier molecular flexibility index (Phi) is 3.76. The number of rotatable bonds is 1. The first kappa shape index (κ1) is 14.5. The van der Waals surface area contributed by atoms with Gasteiger partial charge in [-0.2, -0.15) is 0 Å². The molecule has 0 radical (unpaired) electrons. The van der Waals surface area contributed by atoms with Crippen LogP contribution in [0.25, 0.3) is 0 Å². The molecule has 0 bridgehead atoms. The summed E-state index contributed by atoms with van der Waals surface area (Å²) in [7, 11) is 0. The minimum absolute atomic E-state index is 0.195. The van der Waals surface area contributed by atoms with Crippen molar-refractivity contribution in [3.05, 3.63) is 35.4 Å². The van der Waals surface area contributed by atoms with Crippen LogP contribution in [-0.2, 0) is 11.0 Å². The second-order valence-corrected chi connectivity index (χ2v) is 7.30. The van der Waals surface area contributed by atoms with Crippen molar-refractivity contribution in [3.63, 3.8) is 0 Å². The summed E-state index contributed by atoms with van der Waals surface area (Å²) in [4.78, 5) is 0. The van der Waals surface area contributed by atoms with Crippen LogP contribution in [-0.4, -0.2) is 6.04 Å². The lowest BCUT2D eigenvalue weighted by molar-refractivity contribution is 0.188. The first-order valence-electron chi connectivity index (χ1n) is 7.39.